The lowest BCUT2D eigenvalue weighted by Crippen LogP contribution is -2.17. The molecule has 0 N–H and O–H groups in total. The molecule has 0 amide bonds. The van der Waals surface area contributed by atoms with E-state index in [4.69, 9.17) is 4.99 Å². The van der Waals surface area contributed by atoms with Crippen LogP contribution in [0.5, 0.6) is 0 Å². The molecule has 1 aliphatic heterocycles. The molecule has 160 valence electrons. The molecule has 0 radical (unpaired) electrons. The molecule has 0 saturated heterocycles. The molecule has 0 bridgehead atoms. The van der Waals surface area contributed by atoms with E-state index in [1.54, 1.807) is 0 Å². The van der Waals surface area contributed by atoms with Crippen molar-refractivity contribution >= 4 is 17.0 Å². The smallest absolute Gasteiger partial charge is 0.0750 e. The first-order valence-electron chi connectivity index (χ1n) is 11.5. The summed E-state index contributed by atoms with van der Waals surface area (Å²) in [6.07, 6.45) is 3.21. The van der Waals surface area contributed by atoms with Gasteiger partial charge in [-0.3, -0.25) is 4.99 Å². The van der Waals surface area contributed by atoms with Gasteiger partial charge in [0.15, 0.2) is 0 Å². The zero-order chi connectivity index (χ0) is 22.3. The van der Waals surface area contributed by atoms with Crippen molar-refractivity contribution < 1.29 is 0 Å². The van der Waals surface area contributed by atoms with E-state index in [1.165, 1.54) is 34.2 Å². The van der Waals surface area contributed by atoms with E-state index in [-0.39, 0.29) is 5.41 Å². The fourth-order valence-electron chi connectivity index (χ4n) is 3.86. The van der Waals surface area contributed by atoms with Crippen LogP contribution in [0.25, 0.3) is 11.3 Å². The quantitative estimate of drug-likeness (QED) is 0.400. The molecule has 0 saturated carbocycles. The number of allylic oxidation sites excluding steroid dienone is 1. The summed E-state index contributed by atoms with van der Waals surface area (Å²) in [6.45, 7) is 11.2. The third-order valence-electron chi connectivity index (χ3n) is 5.90. The van der Waals surface area contributed by atoms with Crippen LogP contribution in [0.1, 0.15) is 76.1 Å². The van der Waals surface area contributed by atoms with Crippen LogP contribution in [0.2, 0.25) is 0 Å². The molecule has 31 heavy (non-hydrogen) atoms. The van der Waals surface area contributed by atoms with Gasteiger partial charge >= 0.3 is 0 Å². The molecule has 0 aliphatic carbocycles. The molecule has 0 spiro atoms. The van der Waals surface area contributed by atoms with Gasteiger partial charge in [-0.15, -0.1) is 0 Å². The van der Waals surface area contributed by atoms with E-state index < -0.39 is 0 Å². The summed E-state index contributed by atoms with van der Waals surface area (Å²) in [7, 11) is 0. The maximum atomic E-state index is 5.19. The first kappa shape index (κ1) is 22.7. The number of rotatable bonds is 5. The molecule has 1 heterocycles. The van der Waals surface area contributed by atoms with E-state index in [1.807, 2.05) is 0 Å². The average Bonchev–Trinajstić information content (AvgIpc) is 3.26. The molecule has 0 fully saturated rings. The van der Waals surface area contributed by atoms with Crippen molar-refractivity contribution in [3.05, 3.63) is 107 Å². The Morgan fingerprint density at radius 1 is 0.710 bits per heavy atom. The number of hydrogen-bond acceptors (Lipinski definition) is 1. The SMILES string of the molecule is CCC.CCC(C)(C)c1ccccc1C1=C(c2ccccc2)CC(c2ccccc2)=N1. The lowest BCUT2D eigenvalue weighted by atomic mass is 9.78. The zero-order valence-electron chi connectivity index (χ0n) is 19.7. The molecule has 1 aliphatic rings. The monoisotopic (exact) mass is 409 g/mol. The van der Waals surface area contributed by atoms with Crippen molar-refractivity contribution in [1.29, 1.82) is 0 Å². The molecular weight excluding hydrogens is 374 g/mol. The average molecular weight is 410 g/mol. The number of benzene rings is 3. The summed E-state index contributed by atoms with van der Waals surface area (Å²) >= 11 is 0. The van der Waals surface area contributed by atoms with E-state index in [0.717, 1.165) is 24.3 Å². The summed E-state index contributed by atoms with van der Waals surface area (Å²) in [5.41, 5.74) is 8.81. The Bertz CT molecular complexity index is 1040. The Hall–Kier alpha value is -2.93. The molecule has 0 aromatic heterocycles. The lowest BCUT2D eigenvalue weighted by molar-refractivity contribution is 0.505. The molecule has 0 unspecified atom stereocenters. The number of aliphatic imine (C=N–C) groups is 1. The van der Waals surface area contributed by atoms with E-state index >= 15 is 0 Å². The highest BCUT2D eigenvalue weighted by molar-refractivity contribution is 6.17. The van der Waals surface area contributed by atoms with Gasteiger partial charge in [-0.25, -0.2) is 0 Å². The van der Waals surface area contributed by atoms with Crippen LogP contribution < -0.4 is 0 Å². The molecule has 0 atom stereocenters. The Morgan fingerprint density at radius 3 is 1.81 bits per heavy atom. The van der Waals surface area contributed by atoms with Crippen molar-refractivity contribution in [2.24, 2.45) is 4.99 Å². The highest BCUT2D eigenvalue weighted by atomic mass is 14.8. The molecule has 1 nitrogen and oxygen atoms in total. The van der Waals surface area contributed by atoms with E-state index in [2.05, 4.69) is 120 Å². The fourth-order valence-corrected chi connectivity index (χ4v) is 3.86. The minimum atomic E-state index is 0.108. The Labute approximate surface area is 188 Å². The Morgan fingerprint density at radius 2 is 1.23 bits per heavy atom. The van der Waals surface area contributed by atoms with Crippen LogP contribution in [0, 0.1) is 0 Å². The summed E-state index contributed by atoms with van der Waals surface area (Å²) in [5.74, 6) is 0. The minimum absolute atomic E-state index is 0.108. The second kappa shape index (κ2) is 10.4. The molecular formula is C30H35N. The van der Waals surface area contributed by atoms with Crippen LogP contribution in [0.15, 0.2) is 89.9 Å². The topological polar surface area (TPSA) is 12.4 Å². The van der Waals surface area contributed by atoms with E-state index in [9.17, 15) is 0 Å². The number of nitrogens with zero attached hydrogens (tertiary/aromatic N) is 1. The summed E-state index contributed by atoms with van der Waals surface area (Å²) in [4.78, 5) is 5.19. The summed E-state index contributed by atoms with van der Waals surface area (Å²) in [5, 5.41) is 0. The second-order valence-electron chi connectivity index (χ2n) is 8.78. The third-order valence-corrected chi connectivity index (χ3v) is 5.90. The van der Waals surface area contributed by atoms with Crippen molar-refractivity contribution in [3.8, 4) is 0 Å². The van der Waals surface area contributed by atoms with Gasteiger partial charge in [-0.05, 0) is 34.1 Å². The van der Waals surface area contributed by atoms with Gasteiger partial charge in [0.25, 0.3) is 0 Å². The van der Waals surface area contributed by atoms with Gasteiger partial charge < -0.3 is 0 Å². The second-order valence-corrected chi connectivity index (χ2v) is 8.78. The van der Waals surface area contributed by atoms with Crippen molar-refractivity contribution in [3.63, 3.8) is 0 Å². The predicted molar refractivity (Wildman–Crippen MR) is 137 cm³/mol. The third kappa shape index (κ3) is 5.22. The highest BCUT2D eigenvalue weighted by Crippen LogP contribution is 2.41. The predicted octanol–water partition coefficient (Wildman–Crippen LogP) is 8.55. The van der Waals surface area contributed by atoms with Gasteiger partial charge in [0, 0.05) is 12.0 Å². The molecule has 3 aromatic rings. The van der Waals surface area contributed by atoms with E-state index in [0.29, 0.717) is 0 Å². The first-order chi connectivity index (χ1) is 15.0. The largest absolute Gasteiger partial charge is 0.252 e. The maximum Gasteiger partial charge on any atom is 0.0750 e. The summed E-state index contributed by atoms with van der Waals surface area (Å²) < 4.78 is 0. The molecule has 1 heteroatoms. The standard InChI is InChI=1S/C27H27N.C3H8/c1-4-27(2,3)24-18-12-11-17-22(24)26-23(20-13-7-5-8-14-20)19-25(28-26)21-15-9-6-10-16-21;1-3-2/h5-18H,4,19H2,1-3H3;3H2,1-2H3. The first-order valence-corrected chi connectivity index (χ1v) is 11.5. The van der Waals surface area contributed by atoms with Crippen molar-refractivity contribution in [2.75, 3.05) is 0 Å². The van der Waals surface area contributed by atoms with Crippen molar-refractivity contribution in [2.45, 2.75) is 59.3 Å². The van der Waals surface area contributed by atoms with Crippen LogP contribution in [-0.4, -0.2) is 5.71 Å². The van der Waals surface area contributed by atoms with Crippen LogP contribution in [0.3, 0.4) is 0 Å². The van der Waals surface area contributed by atoms with Crippen LogP contribution in [-0.2, 0) is 5.41 Å². The Kier molecular flexibility index (Phi) is 7.63. The van der Waals surface area contributed by atoms with Crippen LogP contribution >= 0.6 is 0 Å². The van der Waals surface area contributed by atoms with Crippen molar-refractivity contribution in [1.82, 2.24) is 0 Å². The lowest BCUT2D eigenvalue weighted by Gasteiger charge is -2.26. The van der Waals surface area contributed by atoms with Gasteiger partial charge in [-0.1, -0.05) is 126 Å². The van der Waals surface area contributed by atoms with Gasteiger partial charge in [0.2, 0.25) is 0 Å². The number of hydrogen-bond donors (Lipinski definition) is 0. The molecule has 4 rings (SSSR count). The Balaban J connectivity index is 0.000000858. The zero-order valence-corrected chi connectivity index (χ0v) is 19.7. The van der Waals surface area contributed by atoms with Gasteiger partial charge in [0.1, 0.15) is 0 Å². The van der Waals surface area contributed by atoms with Gasteiger partial charge in [-0.2, -0.15) is 0 Å². The fraction of sp³-hybridized carbons (Fsp3) is 0.300. The van der Waals surface area contributed by atoms with Crippen LogP contribution in [0.4, 0.5) is 0 Å². The molecule has 3 aromatic carbocycles. The maximum absolute atomic E-state index is 5.19. The summed E-state index contributed by atoms with van der Waals surface area (Å²) in [6, 6.07) is 30.1. The van der Waals surface area contributed by atoms with Gasteiger partial charge in [0.05, 0.1) is 11.4 Å². The highest BCUT2D eigenvalue weighted by Gasteiger charge is 2.27. The minimum Gasteiger partial charge on any atom is -0.252 e. The normalized spacial score (nSPS) is 13.5.